The van der Waals surface area contributed by atoms with Gasteiger partial charge in [0, 0.05) is 51.0 Å². The molecular weight excluding hydrogens is 364 g/mol. The number of para-hydroxylation sites is 1. The van der Waals surface area contributed by atoms with E-state index in [0.717, 1.165) is 50.5 Å². The summed E-state index contributed by atoms with van der Waals surface area (Å²) in [5, 5.41) is 4.77. The topological polar surface area (TPSA) is 59.2 Å². The Hall–Kier alpha value is -2.93. The standard InChI is InChI=1S/C22H28N6O/c1-17-20(18(2)28(24-17)19-8-5-4-6-9-19)15-26-10-7-11-27(13-12-26)22(29)21-14-23-16-25(21)3/h4-6,8-9,14,16H,7,10-13,15H2,1-3H3. The third kappa shape index (κ3) is 3.96. The zero-order valence-electron chi connectivity index (χ0n) is 17.4. The van der Waals surface area contributed by atoms with Crippen molar-refractivity contribution in [1.82, 2.24) is 29.1 Å². The number of amides is 1. The van der Waals surface area contributed by atoms with Crippen LogP contribution in [0.4, 0.5) is 0 Å². The van der Waals surface area contributed by atoms with Gasteiger partial charge < -0.3 is 9.47 Å². The van der Waals surface area contributed by atoms with Gasteiger partial charge in [0.15, 0.2) is 0 Å². The number of hydrogen-bond acceptors (Lipinski definition) is 4. The Morgan fingerprint density at radius 1 is 1.07 bits per heavy atom. The van der Waals surface area contributed by atoms with Crippen molar-refractivity contribution >= 4 is 5.91 Å². The van der Waals surface area contributed by atoms with Gasteiger partial charge in [-0.3, -0.25) is 9.69 Å². The Morgan fingerprint density at radius 3 is 2.59 bits per heavy atom. The lowest BCUT2D eigenvalue weighted by Crippen LogP contribution is -2.36. The highest BCUT2D eigenvalue weighted by atomic mass is 16.2. The smallest absolute Gasteiger partial charge is 0.272 e. The Morgan fingerprint density at radius 2 is 1.86 bits per heavy atom. The van der Waals surface area contributed by atoms with Crippen molar-refractivity contribution in [1.29, 1.82) is 0 Å². The first-order chi connectivity index (χ1) is 14.0. The molecule has 0 unspecified atom stereocenters. The Labute approximate surface area is 171 Å². The second kappa shape index (κ2) is 8.21. The molecule has 3 aromatic rings. The number of imidazole rings is 1. The molecule has 1 fully saturated rings. The van der Waals surface area contributed by atoms with Gasteiger partial charge in [-0.1, -0.05) is 18.2 Å². The molecule has 0 saturated carbocycles. The highest BCUT2D eigenvalue weighted by molar-refractivity contribution is 5.92. The SMILES string of the molecule is Cc1nn(-c2ccccc2)c(C)c1CN1CCCN(C(=O)c2cncn2C)CC1. The molecule has 1 aromatic carbocycles. The summed E-state index contributed by atoms with van der Waals surface area (Å²) >= 11 is 0. The predicted molar refractivity (Wildman–Crippen MR) is 112 cm³/mol. The number of carbonyl (C=O) groups excluding carboxylic acids is 1. The minimum absolute atomic E-state index is 0.0658. The molecule has 29 heavy (non-hydrogen) atoms. The van der Waals surface area contributed by atoms with E-state index in [2.05, 4.69) is 35.9 Å². The Kier molecular flexibility index (Phi) is 5.49. The van der Waals surface area contributed by atoms with E-state index in [9.17, 15) is 4.79 Å². The van der Waals surface area contributed by atoms with Crippen LogP contribution < -0.4 is 0 Å². The van der Waals surface area contributed by atoms with Crippen LogP contribution in [0.3, 0.4) is 0 Å². The van der Waals surface area contributed by atoms with Crippen molar-refractivity contribution in [3.05, 3.63) is 65.5 Å². The highest BCUT2D eigenvalue weighted by Crippen LogP contribution is 2.20. The van der Waals surface area contributed by atoms with E-state index < -0.39 is 0 Å². The van der Waals surface area contributed by atoms with Gasteiger partial charge in [-0.25, -0.2) is 9.67 Å². The molecule has 0 spiro atoms. The fraction of sp³-hybridized carbons (Fsp3) is 0.409. The number of hydrogen-bond donors (Lipinski definition) is 0. The molecule has 2 aromatic heterocycles. The summed E-state index contributed by atoms with van der Waals surface area (Å²) in [7, 11) is 1.86. The summed E-state index contributed by atoms with van der Waals surface area (Å²) in [4.78, 5) is 21.3. The zero-order chi connectivity index (χ0) is 20.4. The molecule has 3 heterocycles. The molecule has 7 heteroatoms. The Bertz CT molecular complexity index is 990. The van der Waals surface area contributed by atoms with E-state index in [4.69, 9.17) is 5.10 Å². The van der Waals surface area contributed by atoms with Crippen LogP contribution >= 0.6 is 0 Å². The van der Waals surface area contributed by atoms with Crippen LogP contribution in [0.25, 0.3) is 5.69 Å². The Balaban J connectivity index is 1.45. The van der Waals surface area contributed by atoms with Gasteiger partial charge in [0.25, 0.3) is 5.91 Å². The van der Waals surface area contributed by atoms with Gasteiger partial charge in [0.05, 0.1) is 23.9 Å². The van der Waals surface area contributed by atoms with E-state index >= 15 is 0 Å². The van der Waals surface area contributed by atoms with Crippen molar-refractivity contribution in [3.63, 3.8) is 0 Å². The second-order valence-electron chi connectivity index (χ2n) is 7.71. The van der Waals surface area contributed by atoms with Crippen molar-refractivity contribution in [2.24, 2.45) is 7.05 Å². The van der Waals surface area contributed by atoms with E-state index in [0.29, 0.717) is 5.69 Å². The number of aryl methyl sites for hydroxylation is 2. The van der Waals surface area contributed by atoms with Crippen molar-refractivity contribution < 1.29 is 4.79 Å². The number of aromatic nitrogens is 4. The molecule has 1 aliphatic heterocycles. The fourth-order valence-corrected chi connectivity index (χ4v) is 4.01. The molecule has 1 aliphatic rings. The maximum Gasteiger partial charge on any atom is 0.272 e. The third-order valence-electron chi connectivity index (χ3n) is 5.74. The van der Waals surface area contributed by atoms with Gasteiger partial charge in [-0.05, 0) is 32.4 Å². The minimum atomic E-state index is 0.0658. The number of nitrogens with zero attached hydrogens (tertiary/aromatic N) is 6. The van der Waals surface area contributed by atoms with Gasteiger partial charge in [0.2, 0.25) is 0 Å². The second-order valence-corrected chi connectivity index (χ2v) is 7.71. The van der Waals surface area contributed by atoms with Gasteiger partial charge in [-0.15, -0.1) is 0 Å². The molecule has 7 nitrogen and oxygen atoms in total. The van der Waals surface area contributed by atoms with Crippen LogP contribution in [0.5, 0.6) is 0 Å². The lowest BCUT2D eigenvalue weighted by molar-refractivity contribution is 0.0751. The predicted octanol–water partition coefficient (Wildman–Crippen LogP) is 2.57. The molecule has 1 amide bonds. The molecule has 0 bridgehead atoms. The molecule has 152 valence electrons. The lowest BCUT2D eigenvalue weighted by atomic mass is 10.1. The van der Waals surface area contributed by atoms with E-state index in [1.54, 1.807) is 17.1 Å². The first-order valence-corrected chi connectivity index (χ1v) is 10.1. The van der Waals surface area contributed by atoms with Crippen molar-refractivity contribution in [2.75, 3.05) is 26.2 Å². The molecule has 4 rings (SSSR count). The van der Waals surface area contributed by atoms with Gasteiger partial charge >= 0.3 is 0 Å². The first-order valence-electron chi connectivity index (χ1n) is 10.1. The van der Waals surface area contributed by atoms with Crippen LogP contribution in [-0.2, 0) is 13.6 Å². The van der Waals surface area contributed by atoms with Crippen LogP contribution in [0, 0.1) is 13.8 Å². The summed E-state index contributed by atoms with van der Waals surface area (Å²) in [6.07, 6.45) is 4.29. The average Bonchev–Trinajstić information content (AvgIpc) is 3.17. The molecule has 1 saturated heterocycles. The van der Waals surface area contributed by atoms with Crippen LogP contribution in [0.15, 0.2) is 42.9 Å². The molecule has 0 N–H and O–H groups in total. The van der Waals surface area contributed by atoms with Gasteiger partial charge in [-0.2, -0.15) is 5.10 Å². The largest absolute Gasteiger partial charge is 0.336 e. The summed E-state index contributed by atoms with van der Waals surface area (Å²) in [6.45, 7) is 8.43. The maximum absolute atomic E-state index is 12.8. The maximum atomic E-state index is 12.8. The fourth-order valence-electron chi connectivity index (χ4n) is 4.01. The average molecular weight is 393 g/mol. The number of rotatable bonds is 4. The molecule has 0 radical (unpaired) electrons. The summed E-state index contributed by atoms with van der Waals surface area (Å²) in [5.41, 5.74) is 5.26. The van der Waals surface area contributed by atoms with Crippen LogP contribution in [-0.4, -0.2) is 61.2 Å². The first kappa shape index (κ1) is 19.4. The molecule has 0 atom stereocenters. The zero-order valence-corrected chi connectivity index (χ0v) is 17.4. The van der Waals surface area contributed by atoms with Crippen LogP contribution in [0.2, 0.25) is 0 Å². The lowest BCUT2D eigenvalue weighted by Gasteiger charge is -2.22. The van der Waals surface area contributed by atoms with Crippen LogP contribution in [0.1, 0.15) is 33.9 Å². The number of benzene rings is 1. The number of carbonyl (C=O) groups is 1. The van der Waals surface area contributed by atoms with E-state index in [1.807, 2.05) is 34.8 Å². The van der Waals surface area contributed by atoms with Gasteiger partial charge in [0.1, 0.15) is 5.69 Å². The normalized spacial score (nSPS) is 15.5. The molecule has 0 aliphatic carbocycles. The third-order valence-corrected chi connectivity index (χ3v) is 5.74. The quantitative estimate of drug-likeness (QED) is 0.685. The summed E-state index contributed by atoms with van der Waals surface area (Å²) < 4.78 is 3.82. The summed E-state index contributed by atoms with van der Waals surface area (Å²) in [5.74, 6) is 0.0658. The minimum Gasteiger partial charge on any atom is -0.336 e. The molecular formula is C22H28N6O. The monoisotopic (exact) mass is 392 g/mol. The highest BCUT2D eigenvalue weighted by Gasteiger charge is 2.23. The van der Waals surface area contributed by atoms with E-state index in [-0.39, 0.29) is 5.91 Å². The van der Waals surface area contributed by atoms with Crippen molar-refractivity contribution in [3.8, 4) is 5.69 Å². The van der Waals surface area contributed by atoms with E-state index in [1.165, 1.54) is 11.3 Å². The van der Waals surface area contributed by atoms with Crippen molar-refractivity contribution in [2.45, 2.75) is 26.8 Å². The summed E-state index contributed by atoms with van der Waals surface area (Å²) in [6, 6.07) is 10.3.